The van der Waals surface area contributed by atoms with Crippen molar-refractivity contribution in [2.45, 2.75) is 0 Å². The van der Waals surface area contributed by atoms with E-state index in [-0.39, 0.29) is 0 Å². The maximum Gasteiger partial charge on any atom is 0.409 e. The van der Waals surface area contributed by atoms with Crippen LogP contribution >= 0.6 is 0 Å². The highest BCUT2D eigenvalue weighted by atomic mass is 19.1. The molecule has 0 spiro atoms. The zero-order valence-corrected chi connectivity index (χ0v) is 11.5. The summed E-state index contributed by atoms with van der Waals surface area (Å²) in [6, 6.07) is 17.0. The fraction of sp³-hybridized carbons (Fsp3) is 0. The Morgan fingerprint density at radius 3 is 2.36 bits per heavy atom. The molecule has 0 atom stereocenters. The Morgan fingerprint density at radius 1 is 1.05 bits per heavy atom. The number of fused-ring (bicyclic) bond motifs is 1. The molecule has 0 aliphatic rings. The van der Waals surface area contributed by atoms with Crippen LogP contribution in [-0.4, -0.2) is 11.1 Å². The Labute approximate surface area is 125 Å². The van der Waals surface area contributed by atoms with Crippen LogP contribution in [0, 0.1) is 5.82 Å². The fourth-order valence-corrected chi connectivity index (χ4v) is 1.73. The molecule has 0 saturated heterocycles. The number of ether oxygens (including phenoxy) is 1. The number of nitrogens with one attached hydrogen (secondary N) is 1. The van der Waals surface area contributed by atoms with Crippen LogP contribution in [-0.2, 0) is 0 Å². The highest BCUT2D eigenvalue weighted by Gasteiger charge is 1.99. The van der Waals surface area contributed by atoms with E-state index in [1.165, 1.54) is 6.07 Å². The molecule has 0 aliphatic carbocycles. The smallest absolute Gasteiger partial charge is 0.409 e. The molecule has 112 valence electrons. The van der Waals surface area contributed by atoms with Gasteiger partial charge in [0.1, 0.15) is 5.75 Å². The maximum atomic E-state index is 12.7. The molecule has 1 amide bonds. The molecule has 0 saturated carbocycles. The zero-order valence-electron chi connectivity index (χ0n) is 11.5. The lowest BCUT2D eigenvalue weighted by molar-refractivity contribution is 0.211. The molecule has 0 aliphatic heterocycles. The van der Waals surface area contributed by atoms with Crippen LogP contribution in [0.4, 0.5) is 9.18 Å². The second-order valence-electron chi connectivity index (χ2n) is 4.27. The van der Waals surface area contributed by atoms with Gasteiger partial charge in [0, 0.05) is 10.9 Å². The molecule has 3 N–H and O–H groups in total. The minimum Gasteiger partial charge on any atom is -0.411 e. The van der Waals surface area contributed by atoms with Crippen LogP contribution in [0.3, 0.4) is 0 Å². The van der Waals surface area contributed by atoms with E-state index in [2.05, 4.69) is 9.72 Å². The monoisotopic (exact) mass is 300 g/mol. The Bertz CT molecular complexity index is 831. The zero-order chi connectivity index (χ0) is 15.9. The lowest BCUT2D eigenvalue weighted by atomic mass is 10.2. The topological polar surface area (TPSA) is 85.2 Å². The van der Waals surface area contributed by atoms with Crippen LogP contribution in [0.25, 0.3) is 10.9 Å². The van der Waals surface area contributed by atoms with Gasteiger partial charge in [0.2, 0.25) is 0 Å². The Balaban J connectivity index is 0.000000164. The summed E-state index contributed by atoms with van der Waals surface area (Å²) in [5.41, 5.74) is 4.75. The largest absolute Gasteiger partial charge is 0.411 e. The van der Waals surface area contributed by atoms with Crippen LogP contribution in [0.2, 0.25) is 0 Å². The average Bonchev–Trinajstić information content (AvgIpc) is 2.49. The molecule has 3 aromatic rings. The van der Waals surface area contributed by atoms with Crippen LogP contribution in [0.15, 0.2) is 65.5 Å². The highest BCUT2D eigenvalue weighted by molar-refractivity contribution is 5.77. The number of carbonyl (C=O) groups excluding carboxylic acids is 1. The molecule has 5 nitrogen and oxygen atoms in total. The summed E-state index contributed by atoms with van der Waals surface area (Å²) in [5, 5.41) is 0.703. The first-order valence-corrected chi connectivity index (χ1v) is 6.36. The molecule has 1 aromatic heterocycles. The number of primary amides is 1. The van der Waals surface area contributed by atoms with Gasteiger partial charge < -0.3 is 15.5 Å². The Morgan fingerprint density at radius 2 is 1.68 bits per heavy atom. The molecule has 0 radical (unpaired) electrons. The van der Waals surface area contributed by atoms with Crippen molar-refractivity contribution in [3.63, 3.8) is 0 Å². The first-order chi connectivity index (χ1) is 10.6. The van der Waals surface area contributed by atoms with Crippen molar-refractivity contribution in [2.75, 3.05) is 0 Å². The van der Waals surface area contributed by atoms with Crippen LogP contribution in [0.1, 0.15) is 0 Å². The number of nitrogens with two attached hydrogens (primary N) is 1. The number of carbonyl (C=O) groups is 1. The lowest BCUT2D eigenvalue weighted by Gasteiger charge is -1.96. The van der Waals surface area contributed by atoms with E-state index in [4.69, 9.17) is 5.73 Å². The van der Waals surface area contributed by atoms with E-state index < -0.39 is 17.5 Å². The Hall–Kier alpha value is -3.15. The van der Waals surface area contributed by atoms with Crippen molar-refractivity contribution in [3.05, 3.63) is 76.8 Å². The van der Waals surface area contributed by atoms with Crippen LogP contribution in [0.5, 0.6) is 5.75 Å². The molecule has 0 bridgehead atoms. The van der Waals surface area contributed by atoms with Gasteiger partial charge in [-0.2, -0.15) is 0 Å². The van der Waals surface area contributed by atoms with Crippen molar-refractivity contribution in [3.8, 4) is 5.75 Å². The Kier molecular flexibility index (Phi) is 4.87. The minimum absolute atomic E-state index is 0.468. The molecule has 3 rings (SSSR count). The molecular weight excluding hydrogens is 287 g/mol. The second-order valence-corrected chi connectivity index (χ2v) is 4.27. The molecule has 0 fully saturated rings. The van der Waals surface area contributed by atoms with E-state index in [1.54, 1.807) is 48.5 Å². The van der Waals surface area contributed by atoms with E-state index in [9.17, 15) is 14.0 Å². The molecule has 1 heterocycles. The van der Waals surface area contributed by atoms with E-state index in [1.807, 2.05) is 6.07 Å². The molecular formula is C16H13FN2O3. The summed E-state index contributed by atoms with van der Waals surface area (Å²) in [6.45, 7) is 0. The third-order valence-electron chi connectivity index (χ3n) is 2.67. The summed E-state index contributed by atoms with van der Waals surface area (Å²) in [5.74, 6) is -0.274. The van der Waals surface area contributed by atoms with Gasteiger partial charge in [-0.15, -0.1) is 0 Å². The van der Waals surface area contributed by atoms with Crippen molar-refractivity contribution < 1.29 is 13.9 Å². The average molecular weight is 300 g/mol. The van der Waals surface area contributed by atoms with Gasteiger partial charge in [-0.05, 0) is 24.3 Å². The van der Waals surface area contributed by atoms with Gasteiger partial charge in [-0.3, -0.25) is 4.79 Å². The predicted octanol–water partition coefficient (Wildman–Crippen LogP) is 2.81. The van der Waals surface area contributed by atoms with Crippen molar-refractivity contribution in [1.82, 2.24) is 4.98 Å². The summed E-state index contributed by atoms with van der Waals surface area (Å²) in [6.07, 6.45) is -0.786. The molecule has 0 unspecified atom stereocenters. The molecule has 22 heavy (non-hydrogen) atoms. The third-order valence-corrected chi connectivity index (χ3v) is 2.67. The first-order valence-electron chi connectivity index (χ1n) is 6.36. The number of halogens is 1. The summed E-state index contributed by atoms with van der Waals surface area (Å²) in [4.78, 5) is 23.4. The van der Waals surface area contributed by atoms with Crippen molar-refractivity contribution in [1.29, 1.82) is 0 Å². The van der Waals surface area contributed by atoms with Gasteiger partial charge in [0.15, 0.2) is 5.82 Å². The second kappa shape index (κ2) is 7.03. The quantitative estimate of drug-likeness (QED) is 0.724. The van der Waals surface area contributed by atoms with E-state index >= 15 is 0 Å². The van der Waals surface area contributed by atoms with Crippen molar-refractivity contribution in [2.24, 2.45) is 5.73 Å². The lowest BCUT2D eigenvalue weighted by Crippen LogP contribution is -2.15. The number of amides is 1. The highest BCUT2D eigenvalue weighted by Crippen LogP contribution is 2.08. The number of hydrogen-bond acceptors (Lipinski definition) is 3. The fourth-order valence-electron chi connectivity index (χ4n) is 1.73. The standard InChI is InChI=1S/C9H6FNO.C7H7NO2/c10-7-5-6-3-1-2-4-8(6)11-9(7)12;8-7(9)10-6-4-2-1-3-5-6/h1-5H,(H,11,12);1-5H,(H2,8,9). The van der Waals surface area contributed by atoms with E-state index in [0.717, 1.165) is 0 Å². The normalized spacial score (nSPS) is 9.68. The van der Waals surface area contributed by atoms with Gasteiger partial charge in [0.25, 0.3) is 5.56 Å². The summed E-state index contributed by atoms with van der Waals surface area (Å²) >= 11 is 0. The number of hydrogen-bond donors (Lipinski definition) is 2. The van der Waals surface area contributed by atoms with Gasteiger partial charge >= 0.3 is 6.09 Å². The first kappa shape index (κ1) is 15.2. The number of H-pyrrole nitrogens is 1. The number of aromatic amines is 1. The summed E-state index contributed by atoms with van der Waals surface area (Å²) < 4.78 is 17.3. The minimum atomic E-state index is -0.786. The maximum absolute atomic E-state index is 12.7. The number of benzene rings is 2. The molecule has 6 heteroatoms. The van der Waals surface area contributed by atoms with Crippen LogP contribution < -0.4 is 16.0 Å². The SMILES string of the molecule is NC(=O)Oc1ccccc1.O=c1[nH]c2ccccc2cc1F. The molecule has 2 aromatic carbocycles. The van der Waals surface area contributed by atoms with Gasteiger partial charge in [0.05, 0.1) is 0 Å². The predicted molar refractivity (Wildman–Crippen MR) is 81.2 cm³/mol. The summed E-state index contributed by atoms with van der Waals surface area (Å²) in [7, 11) is 0. The van der Waals surface area contributed by atoms with Gasteiger partial charge in [-0.1, -0.05) is 36.4 Å². The van der Waals surface area contributed by atoms with E-state index in [0.29, 0.717) is 16.7 Å². The number of pyridine rings is 1. The van der Waals surface area contributed by atoms with Gasteiger partial charge in [-0.25, -0.2) is 9.18 Å². The third kappa shape index (κ3) is 4.17. The van der Waals surface area contributed by atoms with Crippen molar-refractivity contribution >= 4 is 17.0 Å². The number of aromatic nitrogens is 1. The number of para-hydroxylation sites is 2. The number of rotatable bonds is 1.